The van der Waals surface area contributed by atoms with Crippen molar-refractivity contribution in [2.24, 2.45) is 0 Å². The van der Waals surface area contributed by atoms with Crippen LogP contribution >= 0.6 is 0 Å². The van der Waals surface area contributed by atoms with Gasteiger partial charge in [-0.3, -0.25) is 0 Å². The summed E-state index contributed by atoms with van der Waals surface area (Å²) in [5.41, 5.74) is 4.93. The van der Waals surface area contributed by atoms with Gasteiger partial charge in [0.2, 0.25) is 5.88 Å². The second-order valence-electron chi connectivity index (χ2n) is 4.96. The van der Waals surface area contributed by atoms with E-state index in [4.69, 9.17) is 9.72 Å². The molecule has 0 amide bonds. The lowest BCUT2D eigenvalue weighted by Gasteiger charge is -2.24. The van der Waals surface area contributed by atoms with Gasteiger partial charge >= 0.3 is 0 Å². The fourth-order valence-electron chi connectivity index (χ4n) is 2.59. The van der Waals surface area contributed by atoms with Crippen LogP contribution in [0.5, 0.6) is 5.88 Å². The highest BCUT2D eigenvalue weighted by Gasteiger charge is 2.21. The molecule has 1 aliphatic rings. The molecule has 1 aliphatic heterocycles. The summed E-state index contributed by atoms with van der Waals surface area (Å²) < 4.78 is 5.86. The van der Waals surface area contributed by atoms with Crippen LogP contribution in [0.3, 0.4) is 0 Å². The number of hydrogen-bond acceptors (Lipinski definition) is 2. The lowest BCUT2D eigenvalue weighted by molar-refractivity contribution is 0.184. The summed E-state index contributed by atoms with van der Waals surface area (Å²) in [4.78, 5) is 4.70. The van der Waals surface area contributed by atoms with E-state index >= 15 is 0 Å². The predicted molar refractivity (Wildman–Crippen MR) is 69.6 cm³/mol. The van der Waals surface area contributed by atoms with E-state index in [9.17, 15) is 0 Å². The van der Waals surface area contributed by atoms with Gasteiger partial charge in [-0.05, 0) is 44.7 Å². The molecule has 2 heterocycles. The summed E-state index contributed by atoms with van der Waals surface area (Å²) in [5.74, 6) is 0.850. The van der Waals surface area contributed by atoms with Gasteiger partial charge in [-0.15, -0.1) is 0 Å². The smallest absolute Gasteiger partial charge is 0.217 e. The number of ether oxygens (including phenoxy) is 1. The van der Waals surface area contributed by atoms with Crippen LogP contribution in [-0.2, 0) is 6.42 Å². The van der Waals surface area contributed by atoms with E-state index in [2.05, 4.69) is 39.0 Å². The van der Waals surface area contributed by atoms with Gasteiger partial charge in [0.25, 0.3) is 0 Å². The quantitative estimate of drug-likeness (QED) is 0.686. The Balaban J connectivity index is 2.32. The Morgan fingerprint density at radius 1 is 1.29 bits per heavy atom. The van der Waals surface area contributed by atoms with E-state index in [0.717, 1.165) is 24.2 Å². The predicted octanol–water partition coefficient (Wildman–Crippen LogP) is 3.57. The van der Waals surface area contributed by atoms with Gasteiger partial charge in [-0.2, -0.15) is 0 Å². The molecular formula is C15H17NO. The first-order valence-electron chi connectivity index (χ1n) is 6.22. The minimum absolute atomic E-state index is 0.288. The molecular weight excluding hydrogens is 210 g/mol. The fourth-order valence-corrected chi connectivity index (χ4v) is 2.59. The maximum atomic E-state index is 5.86. The summed E-state index contributed by atoms with van der Waals surface area (Å²) in [7, 11) is 0. The van der Waals surface area contributed by atoms with E-state index in [1.54, 1.807) is 0 Å². The summed E-state index contributed by atoms with van der Waals surface area (Å²) >= 11 is 0. The monoisotopic (exact) mass is 227 g/mol. The molecule has 1 aromatic heterocycles. The molecule has 0 aliphatic carbocycles. The lowest BCUT2D eigenvalue weighted by atomic mass is 9.96. The van der Waals surface area contributed by atoms with Crippen LogP contribution in [-0.4, -0.2) is 11.1 Å². The number of nitrogens with zero attached hydrogens (tertiary/aromatic N) is 1. The van der Waals surface area contributed by atoms with Crippen molar-refractivity contribution >= 4 is 10.9 Å². The molecule has 2 heteroatoms. The largest absolute Gasteiger partial charge is 0.474 e. The first-order valence-corrected chi connectivity index (χ1v) is 6.22. The van der Waals surface area contributed by atoms with Crippen molar-refractivity contribution in [1.82, 2.24) is 4.98 Å². The molecule has 17 heavy (non-hydrogen) atoms. The normalized spacial score (nSPS) is 18.9. The summed E-state index contributed by atoms with van der Waals surface area (Å²) in [6.07, 6.45) is 2.46. The maximum absolute atomic E-state index is 5.86. The topological polar surface area (TPSA) is 22.1 Å². The number of aromatic nitrogens is 1. The van der Waals surface area contributed by atoms with Gasteiger partial charge in [0.15, 0.2) is 0 Å². The number of aryl methyl sites for hydroxylation is 2. The number of pyridine rings is 1. The Labute approximate surface area is 102 Å². The molecule has 3 rings (SSSR count). The Bertz CT molecular complexity index is 589. The first kappa shape index (κ1) is 10.6. The second-order valence-corrected chi connectivity index (χ2v) is 4.96. The van der Waals surface area contributed by atoms with E-state index in [-0.39, 0.29) is 6.10 Å². The third kappa shape index (κ3) is 1.59. The van der Waals surface area contributed by atoms with Gasteiger partial charge in [0, 0.05) is 10.9 Å². The Morgan fingerprint density at radius 3 is 2.94 bits per heavy atom. The standard InChI is InChI=1S/C15H17NO/c1-9-5-4-6-12-11(3)13-8-7-10(2)17-15(13)16-14(9)12/h4-6,10H,7-8H2,1-3H3. The molecule has 0 N–H and O–H groups in total. The van der Waals surface area contributed by atoms with Gasteiger partial charge < -0.3 is 4.74 Å². The van der Waals surface area contributed by atoms with Crippen LogP contribution in [0.25, 0.3) is 10.9 Å². The summed E-state index contributed by atoms with van der Waals surface area (Å²) in [6.45, 7) is 6.40. The molecule has 0 saturated carbocycles. The van der Waals surface area contributed by atoms with Gasteiger partial charge in [0.05, 0.1) is 11.6 Å². The highest BCUT2D eigenvalue weighted by atomic mass is 16.5. The van der Waals surface area contributed by atoms with Crippen molar-refractivity contribution in [3.8, 4) is 5.88 Å². The van der Waals surface area contributed by atoms with E-state index in [1.807, 2.05) is 0 Å². The Morgan fingerprint density at radius 2 is 2.12 bits per heavy atom. The molecule has 0 spiro atoms. The SMILES string of the molecule is Cc1c2c(nc3c(C)cccc13)OC(C)CC2. The number of para-hydroxylation sites is 1. The lowest BCUT2D eigenvalue weighted by Crippen LogP contribution is -2.20. The van der Waals surface area contributed by atoms with Crippen LogP contribution < -0.4 is 4.74 Å². The second kappa shape index (κ2) is 3.73. The highest BCUT2D eigenvalue weighted by Crippen LogP contribution is 2.33. The van der Waals surface area contributed by atoms with Crippen molar-refractivity contribution in [3.05, 3.63) is 34.9 Å². The summed E-state index contributed by atoms with van der Waals surface area (Å²) in [6, 6.07) is 6.36. The molecule has 1 atom stereocenters. The molecule has 1 unspecified atom stereocenters. The molecule has 2 aromatic rings. The average molecular weight is 227 g/mol. The minimum Gasteiger partial charge on any atom is -0.474 e. The third-order valence-corrected chi connectivity index (χ3v) is 3.68. The van der Waals surface area contributed by atoms with Crippen molar-refractivity contribution in [3.63, 3.8) is 0 Å². The molecule has 0 fully saturated rings. The highest BCUT2D eigenvalue weighted by molar-refractivity contribution is 5.86. The van der Waals surface area contributed by atoms with E-state index in [1.165, 1.54) is 22.1 Å². The van der Waals surface area contributed by atoms with Crippen molar-refractivity contribution in [2.45, 2.75) is 39.7 Å². The number of rotatable bonds is 0. The van der Waals surface area contributed by atoms with Crippen LogP contribution in [0.4, 0.5) is 0 Å². The zero-order valence-corrected chi connectivity index (χ0v) is 10.6. The Hall–Kier alpha value is -1.57. The Kier molecular flexibility index (Phi) is 2.32. The van der Waals surface area contributed by atoms with Crippen LogP contribution in [0.15, 0.2) is 18.2 Å². The van der Waals surface area contributed by atoms with Crippen molar-refractivity contribution in [1.29, 1.82) is 0 Å². The fraction of sp³-hybridized carbons (Fsp3) is 0.400. The average Bonchev–Trinajstić information content (AvgIpc) is 2.30. The zero-order valence-electron chi connectivity index (χ0n) is 10.6. The number of hydrogen-bond donors (Lipinski definition) is 0. The van der Waals surface area contributed by atoms with Gasteiger partial charge in [-0.25, -0.2) is 4.98 Å². The molecule has 1 aromatic carbocycles. The van der Waals surface area contributed by atoms with Crippen molar-refractivity contribution in [2.75, 3.05) is 0 Å². The third-order valence-electron chi connectivity index (χ3n) is 3.68. The zero-order chi connectivity index (χ0) is 12.0. The van der Waals surface area contributed by atoms with Crippen molar-refractivity contribution < 1.29 is 4.74 Å². The number of fused-ring (bicyclic) bond motifs is 2. The molecule has 2 nitrogen and oxygen atoms in total. The minimum atomic E-state index is 0.288. The first-order chi connectivity index (χ1) is 8.16. The van der Waals surface area contributed by atoms with E-state index in [0.29, 0.717) is 0 Å². The van der Waals surface area contributed by atoms with Crippen LogP contribution in [0, 0.1) is 13.8 Å². The van der Waals surface area contributed by atoms with Crippen LogP contribution in [0.1, 0.15) is 30.0 Å². The molecule has 0 radical (unpaired) electrons. The molecule has 0 saturated heterocycles. The number of benzene rings is 1. The summed E-state index contributed by atoms with van der Waals surface area (Å²) in [5, 5.41) is 1.27. The maximum Gasteiger partial charge on any atom is 0.217 e. The molecule has 0 bridgehead atoms. The van der Waals surface area contributed by atoms with Crippen LogP contribution in [0.2, 0.25) is 0 Å². The molecule has 88 valence electrons. The van der Waals surface area contributed by atoms with Gasteiger partial charge in [-0.1, -0.05) is 18.2 Å². The van der Waals surface area contributed by atoms with E-state index < -0.39 is 0 Å². The van der Waals surface area contributed by atoms with Gasteiger partial charge in [0.1, 0.15) is 0 Å².